The standard InChI is InChI=1S/C27H31N3O3/c1-19-7-11-22(12-8-19)30-25(31)17-24(27(30)33)29(26(32)21-9-10-21)23-13-15-28(16-14-23)18-20-5-3-2-4-6-20/h2-8,11-12,21,23-24H,9-10,13-18H2,1H3. The largest absolute Gasteiger partial charge is 0.327 e. The van der Waals surface area contributed by atoms with Crippen molar-refractivity contribution in [3.8, 4) is 0 Å². The van der Waals surface area contributed by atoms with Gasteiger partial charge in [0.25, 0.3) is 5.91 Å². The van der Waals surface area contributed by atoms with E-state index in [0.29, 0.717) is 5.69 Å². The van der Waals surface area contributed by atoms with Crippen molar-refractivity contribution in [3.05, 3.63) is 65.7 Å². The molecule has 1 saturated carbocycles. The number of rotatable bonds is 6. The highest BCUT2D eigenvalue weighted by atomic mass is 16.2. The van der Waals surface area contributed by atoms with Gasteiger partial charge in [-0.1, -0.05) is 48.0 Å². The zero-order valence-corrected chi connectivity index (χ0v) is 19.2. The smallest absolute Gasteiger partial charge is 0.257 e. The first-order valence-electron chi connectivity index (χ1n) is 12.0. The second-order valence-corrected chi connectivity index (χ2v) is 9.64. The number of carbonyl (C=O) groups excluding carboxylic acids is 3. The van der Waals surface area contributed by atoms with E-state index in [1.54, 1.807) is 0 Å². The number of anilines is 1. The minimum absolute atomic E-state index is 0.00448. The monoisotopic (exact) mass is 445 g/mol. The van der Waals surface area contributed by atoms with Gasteiger partial charge in [0.15, 0.2) is 0 Å². The van der Waals surface area contributed by atoms with Gasteiger partial charge in [-0.3, -0.25) is 19.3 Å². The summed E-state index contributed by atoms with van der Waals surface area (Å²) in [5, 5.41) is 0. The van der Waals surface area contributed by atoms with E-state index in [9.17, 15) is 14.4 Å². The second kappa shape index (κ2) is 9.10. The van der Waals surface area contributed by atoms with Crippen LogP contribution in [0.25, 0.3) is 0 Å². The molecule has 172 valence electrons. The SMILES string of the molecule is Cc1ccc(N2C(=O)CC(N(C(=O)C3CC3)C3CCN(Cc4ccccc4)CC3)C2=O)cc1. The Kier molecular flexibility index (Phi) is 6.02. The summed E-state index contributed by atoms with van der Waals surface area (Å²) in [6.45, 7) is 4.63. The summed E-state index contributed by atoms with van der Waals surface area (Å²) in [5.41, 5.74) is 2.95. The van der Waals surface area contributed by atoms with E-state index >= 15 is 0 Å². The molecule has 3 amide bonds. The molecule has 2 aromatic carbocycles. The molecular weight excluding hydrogens is 414 g/mol. The van der Waals surface area contributed by atoms with Crippen LogP contribution in [0.15, 0.2) is 54.6 Å². The average Bonchev–Trinajstić information content (AvgIpc) is 3.63. The maximum Gasteiger partial charge on any atom is 0.257 e. The molecule has 2 saturated heterocycles. The third kappa shape index (κ3) is 4.58. The normalized spacial score (nSPS) is 22.1. The number of likely N-dealkylation sites (tertiary alicyclic amines) is 1. The molecule has 6 nitrogen and oxygen atoms in total. The first-order chi connectivity index (χ1) is 16.0. The summed E-state index contributed by atoms with van der Waals surface area (Å²) in [4.78, 5) is 45.2. The molecule has 1 unspecified atom stereocenters. The first-order valence-corrected chi connectivity index (χ1v) is 12.0. The molecule has 3 fully saturated rings. The molecule has 2 heterocycles. The highest BCUT2D eigenvalue weighted by molar-refractivity contribution is 6.23. The minimum atomic E-state index is -0.683. The van der Waals surface area contributed by atoms with E-state index in [2.05, 4.69) is 29.2 Å². The van der Waals surface area contributed by atoms with Crippen LogP contribution in [0.5, 0.6) is 0 Å². The van der Waals surface area contributed by atoms with Gasteiger partial charge in [-0.15, -0.1) is 0 Å². The van der Waals surface area contributed by atoms with Gasteiger partial charge >= 0.3 is 0 Å². The van der Waals surface area contributed by atoms with Crippen molar-refractivity contribution in [2.45, 2.75) is 57.7 Å². The number of piperidine rings is 1. The Hall–Kier alpha value is -2.99. The molecule has 2 aromatic rings. The van der Waals surface area contributed by atoms with E-state index in [4.69, 9.17) is 0 Å². The number of hydrogen-bond donors (Lipinski definition) is 0. The lowest BCUT2D eigenvalue weighted by atomic mass is 9.99. The van der Waals surface area contributed by atoms with E-state index in [0.717, 1.165) is 50.9 Å². The van der Waals surface area contributed by atoms with Crippen LogP contribution in [0, 0.1) is 12.8 Å². The predicted octanol–water partition coefficient (Wildman–Crippen LogP) is 3.53. The molecule has 3 aliphatic rings. The van der Waals surface area contributed by atoms with E-state index in [1.165, 1.54) is 10.5 Å². The van der Waals surface area contributed by atoms with Crippen molar-refractivity contribution in [2.75, 3.05) is 18.0 Å². The maximum absolute atomic E-state index is 13.4. The summed E-state index contributed by atoms with van der Waals surface area (Å²) >= 11 is 0. The lowest BCUT2D eigenvalue weighted by Gasteiger charge is -2.41. The number of hydrogen-bond acceptors (Lipinski definition) is 4. The summed E-state index contributed by atoms with van der Waals surface area (Å²) in [7, 11) is 0. The Morgan fingerprint density at radius 3 is 2.24 bits per heavy atom. The molecule has 0 radical (unpaired) electrons. The molecule has 6 heteroatoms. The lowest BCUT2D eigenvalue weighted by molar-refractivity contribution is -0.143. The molecule has 1 atom stereocenters. The predicted molar refractivity (Wildman–Crippen MR) is 126 cm³/mol. The number of nitrogens with zero attached hydrogens (tertiary/aromatic N) is 3. The van der Waals surface area contributed by atoms with Gasteiger partial charge in [-0.2, -0.15) is 0 Å². The van der Waals surface area contributed by atoms with Crippen LogP contribution in [0.2, 0.25) is 0 Å². The van der Waals surface area contributed by atoms with Crippen LogP contribution in [0.1, 0.15) is 43.2 Å². The van der Waals surface area contributed by atoms with Crippen LogP contribution in [0.3, 0.4) is 0 Å². The second-order valence-electron chi connectivity index (χ2n) is 9.64. The van der Waals surface area contributed by atoms with Crippen LogP contribution in [-0.4, -0.2) is 52.7 Å². The summed E-state index contributed by atoms with van der Waals surface area (Å²) in [6.07, 6.45) is 3.51. The van der Waals surface area contributed by atoms with Crippen molar-refractivity contribution in [1.82, 2.24) is 9.80 Å². The van der Waals surface area contributed by atoms with Crippen molar-refractivity contribution in [1.29, 1.82) is 0 Å². The van der Waals surface area contributed by atoms with Gasteiger partial charge < -0.3 is 4.90 Å². The van der Waals surface area contributed by atoms with Crippen molar-refractivity contribution < 1.29 is 14.4 Å². The maximum atomic E-state index is 13.4. The van der Waals surface area contributed by atoms with Gasteiger partial charge in [-0.25, -0.2) is 4.90 Å². The molecule has 5 rings (SSSR count). The van der Waals surface area contributed by atoms with Crippen molar-refractivity contribution in [2.24, 2.45) is 5.92 Å². The van der Waals surface area contributed by atoms with E-state index in [-0.39, 0.29) is 36.1 Å². The van der Waals surface area contributed by atoms with Crippen LogP contribution >= 0.6 is 0 Å². The Labute approximate surface area is 195 Å². The quantitative estimate of drug-likeness (QED) is 0.639. The zero-order valence-electron chi connectivity index (χ0n) is 19.2. The number of aryl methyl sites for hydroxylation is 1. The highest BCUT2D eigenvalue weighted by Crippen LogP contribution is 2.36. The zero-order chi connectivity index (χ0) is 22.9. The molecule has 1 aliphatic carbocycles. The van der Waals surface area contributed by atoms with E-state index in [1.807, 2.05) is 42.2 Å². The Balaban J connectivity index is 1.31. The fourth-order valence-corrected chi connectivity index (χ4v) is 5.12. The number of amides is 3. The van der Waals surface area contributed by atoms with Crippen molar-refractivity contribution >= 4 is 23.4 Å². The Morgan fingerprint density at radius 2 is 1.61 bits per heavy atom. The fraction of sp³-hybridized carbons (Fsp3) is 0.444. The molecule has 0 bridgehead atoms. The number of carbonyl (C=O) groups is 3. The minimum Gasteiger partial charge on any atom is -0.327 e. The van der Waals surface area contributed by atoms with Gasteiger partial charge in [0.05, 0.1) is 12.1 Å². The molecule has 2 aliphatic heterocycles. The number of benzene rings is 2. The van der Waals surface area contributed by atoms with Crippen LogP contribution in [-0.2, 0) is 20.9 Å². The molecule has 0 aromatic heterocycles. The number of imide groups is 1. The van der Waals surface area contributed by atoms with Gasteiger partial charge in [-0.05, 0) is 50.3 Å². The van der Waals surface area contributed by atoms with Gasteiger partial charge in [0, 0.05) is 31.6 Å². The summed E-state index contributed by atoms with van der Waals surface area (Å²) < 4.78 is 0. The third-order valence-corrected chi connectivity index (χ3v) is 7.13. The molecule has 0 N–H and O–H groups in total. The third-order valence-electron chi connectivity index (χ3n) is 7.13. The fourth-order valence-electron chi connectivity index (χ4n) is 5.12. The average molecular weight is 446 g/mol. The lowest BCUT2D eigenvalue weighted by Crippen LogP contribution is -2.54. The Bertz CT molecular complexity index is 1020. The summed E-state index contributed by atoms with van der Waals surface area (Å²) in [5.74, 6) is -0.398. The topological polar surface area (TPSA) is 60.9 Å². The molecule has 33 heavy (non-hydrogen) atoms. The molecular formula is C27H31N3O3. The van der Waals surface area contributed by atoms with E-state index < -0.39 is 6.04 Å². The summed E-state index contributed by atoms with van der Waals surface area (Å²) in [6, 6.07) is 17.2. The molecule has 0 spiro atoms. The van der Waals surface area contributed by atoms with Crippen molar-refractivity contribution in [3.63, 3.8) is 0 Å². The highest BCUT2D eigenvalue weighted by Gasteiger charge is 2.49. The van der Waals surface area contributed by atoms with Crippen LogP contribution in [0.4, 0.5) is 5.69 Å². The van der Waals surface area contributed by atoms with Gasteiger partial charge in [0.2, 0.25) is 11.8 Å². The van der Waals surface area contributed by atoms with Crippen LogP contribution < -0.4 is 4.90 Å². The Morgan fingerprint density at radius 1 is 0.939 bits per heavy atom. The van der Waals surface area contributed by atoms with Gasteiger partial charge in [0.1, 0.15) is 6.04 Å². The first kappa shape index (κ1) is 21.8.